The van der Waals surface area contributed by atoms with Gasteiger partial charge in [-0.05, 0) is 6.54 Å². The Labute approximate surface area is 125 Å². The van der Waals surface area contributed by atoms with E-state index >= 15 is 0 Å². The zero-order valence-corrected chi connectivity index (χ0v) is 12.9. The first-order valence-electron chi connectivity index (χ1n) is 6.84. The minimum atomic E-state index is -4.44. The van der Waals surface area contributed by atoms with Gasteiger partial charge in [0.2, 0.25) is 0 Å². The highest BCUT2D eigenvalue weighted by Gasteiger charge is 2.43. The fourth-order valence-electron chi connectivity index (χ4n) is 2.33. The molecule has 120 valence electrons. The number of thiazole rings is 1. The number of alkyl halides is 3. The van der Waals surface area contributed by atoms with Crippen LogP contribution in [0.1, 0.15) is 35.3 Å². The standard InChI is InChI=1S/C13H19F3N2O2S/c1-3-17-8-9-10(13(14,15)16)18-11(21-9)12(19-2)4-6-20-7-5-12/h17H,3-8H2,1-2H3. The van der Waals surface area contributed by atoms with Crippen molar-refractivity contribution >= 4 is 11.3 Å². The van der Waals surface area contributed by atoms with E-state index in [1.54, 1.807) is 0 Å². The van der Waals surface area contributed by atoms with Crippen molar-refractivity contribution in [2.24, 2.45) is 0 Å². The first-order chi connectivity index (χ1) is 9.93. The van der Waals surface area contributed by atoms with E-state index in [1.807, 2.05) is 6.92 Å². The number of rotatable bonds is 5. The Bertz CT molecular complexity index is 470. The van der Waals surface area contributed by atoms with Crippen molar-refractivity contribution in [1.29, 1.82) is 0 Å². The van der Waals surface area contributed by atoms with Crippen molar-refractivity contribution in [3.05, 3.63) is 15.6 Å². The Balaban J connectivity index is 2.37. The average Bonchev–Trinajstić information content (AvgIpc) is 2.90. The van der Waals surface area contributed by atoms with Crippen molar-refractivity contribution in [3.63, 3.8) is 0 Å². The number of halogens is 3. The van der Waals surface area contributed by atoms with Crippen molar-refractivity contribution in [1.82, 2.24) is 10.3 Å². The number of nitrogens with zero attached hydrogens (tertiary/aromatic N) is 1. The molecule has 1 N–H and O–H groups in total. The lowest BCUT2D eigenvalue weighted by Crippen LogP contribution is -2.35. The molecule has 1 aliphatic heterocycles. The molecule has 21 heavy (non-hydrogen) atoms. The Morgan fingerprint density at radius 2 is 2.05 bits per heavy atom. The van der Waals surface area contributed by atoms with E-state index < -0.39 is 17.5 Å². The summed E-state index contributed by atoms with van der Waals surface area (Å²) in [4.78, 5) is 4.08. The van der Waals surface area contributed by atoms with Crippen LogP contribution in [0.15, 0.2) is 0 Å². The fourth-order valence-corrected chi connectivity index (χ4v) is 3.61. The second-order valence-electron chi connectivity index (χ2n) is 4.88. The van der Waals surface area contributed by atoms with Crippen LogP contribution in [0.2, 0.25) is 0 Å². The highest BCUT2D eigenvalue weighted by Crippen LogP contribution is 2.42. The molecule has 0 aromatic carbocycles. The van der Waals surface area contributed by atoms with Gasteiger partial charge in [-0.2, -0.15) is 13.2 Å². The summed E-state index contributed by atoms with van der Waals surface area (Å²) in [6.45, 7) is 3.56. The summed E-state index contributed by atoms with van der Waals surface area (Å²) in [6.07, 6.45) is -3.40. The number of hydrogen-bond donors (Lipinski definition) is 1. The number of ether oxygens (including phenoxy) is 2. The third kappa shape index (κ3) is 3.56. The molecule has 2 heterocycles. The van der Waals surface area contributed by atoms with Crippen LogP contribution in [0.25, 0.3) is 0 Å². The molecule has 0 unspecified atom stereocenters. The van der Waals surface area contributed by atoms with E-state index in [9.17, 15) is 13.2 Å². The smallest absolute Gasteiger partial charge is 0.381 e. The minimum absolute atomic E-state index is 0.166. The second-order valence-corrected chi connectivity index (χ2v) is 5.96. The maximum absolute atomic E-state index is 13.1. The fraction of sp³-hybridized carbons (Fsp3) is 0.769. The zero-order chi connectivity index (χ0) is 15.5. The van der Waals surface area contributed by atoms with Crippen LogP contribution < -0.4 is 5.32 Å². The third-order valence-corrected chi connectivity index (χ3v) is 4.82. The first-order valence-corrected chi connectivity index (χ1v) is 7.65. The summed E-state index contributed by atoms with van der Waals surface area (Å²) in [5.74, 6) is 0. The number of aromatic nitrogens is 1. The van der Waals surface area contributed by atoms with E-state index in [1.165, 1.54) is 7.11 Å². The van der Waals surface area contributed by atoms with Crippen LogP contribution in [-0.2, 0) is 27.8 Å². The molecule has 8 heteroatoms. The molecular formula is C13H19F3N2O2S. The highest BCUT2D eigenvalue weighted by atomic mass is 32.1. The van der Waals surface area contributed by atoms with Gasteiger partial charge in [0.25, 0.3) is 0 Å². The van der Waals surface area contributed by atoms with Gasteiger partial charge >= 0.3 is 6.18 Å². The van der Waals surface area contributed by atoms with Crippen LogP contribution in [0, 0.1) is 0 Å². The molecule has 1 fully saturated rings. The molecule has 0 aliphatic carbocycles. The molecular weight excluding hydrogens is 305 g/mol. The molecule has 4 nitrogen and oxygen atoms in total. The van der Waals surface area contributed by atoms with Gasteiger partial charge in [-0.15, -0.1) is 11.3 Å². The van der Waals surface area contributed by atoms with Crippen LogP contribution in [0.4, 0.5) is 13.2 Å². The molecule has 1 aromatic heterocycles. The van der Waals surface area contributed by atoms with Gasteiger partial charge in [0.1, 0.15) is 10.6 Å². The maximum atomic E-state index is 13.1. The van der Waals surface area contributed by atoms with Gasteiger partial charge in [-0.3, -0.25) is 0 Å². The van der Waals surface area contributed by atoms with Crippen molar-refractivity contribution in [2.45, 2.75) is 38.1 Å². The number of hydrogen-bond acceptors (Lipinski definition) is 5. The van der Waals surface area contributed by atoms with E-state index in [4.69, 9.17) is 9.47 Å². The van der Waals surface area contributed by atoms with E-state index in [-0.39, 0.29) is 11.4 Å². The molecule has 0 spiro atoms. The summed E-state index contributed by atoms with van der Waals surface area (Å²) in [5, 5.41) is 3.33. The lowest BCUT2D eigenvalue weighted by molar-refractivity contribution is -0.142. The Hall–Kier alpha value is -0.700. The van der Waals surface area contributed by atoms with Crippen molar-refractivity contribution in [2.75, 3.05) is 26.9 Å². The van der Waals surface area contributed by atoms with Gasteiger partial charge < -0.3 is 14.8 Å². The Morgan fingerprint density at radius 3 is 2.57 bits per heavy atom. The maximum Gasteiger partial charge on any atom is 0.434 e. The zero-order valence-electron chi connectivity index (χ0n) is 12.0. The summed E-state index contributed by atoms with van der Waals surface area (Å²) in [6, 6.07) is 0. The van der Waals surface area contributed by atoms with Crippen LogP contribution in [0.5, 0.6) is 0 Å². The quantitative estimate of drug-likeness (QED) is 0.904. The lowest BCUT2D eigenvalue weighted by atomic mass is 9.95. The predicted molar refractivity (Wildman–Crippen MR) is 73.2 cm³/mol. The largest absolute Gasteiger partial charge is 0.434 e. The van der Waals surface area contributed by atoms with Crippen molar-refractivity contribution in [3.8, 4) is 0 Å². The van der Waals surface area contributed by atoms with Crippen LogP contribution in [-0.4, -0.2) is 31.9 Å². The summed E-state index contributed by atoms with van der Waals surface area (Å²) in [7, 11) is 1.52. The van der Waals surface area contributed by atoms with Gasteiger partial charge in [0.15, 0.2) is 5.69 Å². The molecule has 0 saturated carbocycles. The normalized spacial score (nSPS) is 18.9. The first kappa shape index (κ1) is 16.7. The predicted octanol–water partition coefficient (Wildman–Crippen LogP) is 2.92. The molecule has 1 aliphatic rings. The number of nitrogens with one attached hydrogen (secondary N) is 1. The van der Waals surface area contributed by atoms with Gasteiger partial charge in [0.05, 0.1) is 4.88 Å². The third-order valence-electron chi connectivity index (χ3n) is 3.58. The van der Waals surface area contributed by atoms with E-state index in [0.717, 1.165) is 11.3 Å². The minimum Gasteiger partial charge on any atom is -0.381 e. The van der Waals surface area contributed by atoms with Gasteiger partial charge in [-0.25, -0.2) is 4.98 Å². The average molecular weight is 324 g/mol. The van der Waals surface area contributed by atoms with E-state index in [2.05, 4.69) is 10.3 Å². The van der Waals surface area contributed by atoms with E-state index in [0.29, 0.717) is 37.6 Å². The van der Waals surface area contributed by atoms with Gasteiger partial charge in [-0.1, -0.05) is 6.92 Å². The molecule has 0 atom stereocenters. The molecule has 1 saturated heterocycles. The van der Waals surface area contributed by atoms with Crippen LogP contribution >= 0.6 is 11.3 Å². The second kappa shape index (κ2) is 6.60. The molecule has 1 aromatic rings. The lowest BCUT2D eigenvalue weighted by Gasteiger charge is -2.33. The molecule has 0 amide bonds. The molecule has 0 bridgehead atoms. The topological polar surface area (TPSA) is 43.4 Å². The SMILES string of the molecule is CCNCc1sc(C2(OC)CCOCC2)nc1C(F)(F)F. The van der Waals surface area contributed by atoms with Crippen molar-refractivity contribution < 1.29 is 22.6 Å². The monoisotopic (exact) mass is 324 g/mol. The molecule has 0 radical (unpaired) electrons. The Kier molecular flexibility index (Phi) is 5.24. The number of methoxy groups -OCH3 is 1. The van der Waals surface area contributed by atoms with Gasteiger partial charge in [0, 0.05) is 39.7 Å². The van der Waals surface area contributed by atoms with Crippen LogP contribution in [0.3, 0.4) is 0 Å². The Morgan fingerprint density at radius 1 is 1.38 bits per heavy atom. The summed E-state index contributed by atoms with van der Waals surface area (Å²) in [5.41, 5.74) is -1.56. The highest BCUT2D eigenvalue weighted by molar-refractivity contribution is 7.11. The molecule has 2 rings (SSSR count). The summed E-state index contributed by atoms with van der Waals surface area (Å²) >= 11 is 1.08. The summed E-state index contributed by atoms with van der Waals surface area (Å²) < 4.78 is 50.2.